The van der Waals surface area contributed by atoms with Crippen LogP contribution in [0.25, 0.3) is 44.2 Å². The highest BCUT2D eigenvalue weighted by Gasteiger charge is 2.49. The van der Waals surface area contributed by atoms with E-state index in [0.717, 1.165) is 50.4 Å². The summed E-state index contributed by atoms with van der Waals surface area (Å²) in [5.74, 6) is 0. The van der Waals surface area contributed by atoms with Crippen molar-refractivity contribution in [2.75, 3.05) is 14.6 Å². The van der Waals surface area contributed by atoms with Gasteiger partial charge in [0.25, 0.3) is 0 Å². The Morgan fingerprint density at radius 3 is 1.44 bits per heavy atom. The smallest absolute Gasteiger partial charge is 0.333 e. The molecule has 0 fully saturated rings. The highest BCUT2D eigenvalue weighted by molar-refractivity contribution is 6.94. The molecule has 1 aromatic heterocycles. The summed E-state index contributed by atoms with van der Waals surface area (Å²) in [6.45, 7) is 39.3. The second-order valence-corrected chi connectivity index (χ2v) is 29.6. The lowest BCUT2D eigenvalue weighted by Gasteiger charge is -2.46. The standard InChI is InChI=1S/C77H80BN3O/c1-72(2,3)47-22-31-52(32-23-47)79(53-33-24-48(25-34-53)73(4,5)6)56-39-40-62-58(43-56)59-44-61-66(46-63(59)77(62,16)17)81(55-37-28-50(29-38-55)75(10,11)12)78-64-42-51(76(13,14)15)30-41-65(64)80(54-35-26-49(27-36-54)74(7,8)9)67-45-60-57-20-18-19-21-68(57)82-71(60)69(61)70(67)78/h18-46H,1-17H3. The molecule has 4 nitrogen and oxygen atoms in total. The molecule has 0 saturated heterocycles. The predicted molar refractivity (Wildman–Crippen MR) is 353 cm³/mol. The van der Waals surface area contributed by atoms with Gasteiger partial charge in [0.2, 0.25) is 0 Å². The first kappa shape index (κ1) is 53.5. The molecule has 2 aliphatic heterocycles. The first-order chi connectivity index (χ1) is 38.6. The Morgan fingerprint density at radius 1 is 0.402 bits per heavy atom. The molecular weight excluding hydrogens is 994 g/mol. The predicted octanol–water partition coefficient (Wildman–Crippen LogP) is 20.6. The number of benzene rings is 9. The summed E-state index contributed by atoms with van der Waals surface area (Å²) in [7, 11) is 0. The van der Waals surface area contributed by atoms with E-state index in [9.17, 15) is 0 Å². The minimum absolute atomic E-state index is 0.00741. The van der Waals surface area contributed by atoms with Gasteiger partial charge in [0, 0.05) is 72.8 Å². The summed E-state index contributed by atoms with van der Waals surface area (Å²) in [6.07, 6.45) is 0. The number of hydrogen-bond donors (Lipinski definition) is 0. The molecule has 3 heterocycles. The molecule has 82 heavy (non-hydrogen) atoms. The van der Waals surface area contributed by atoms with Crippen molar-refractivity contribution in [1.82, 2.24) is 0 Å². The highest BCUT2D eigenvalue weighted by Crippen LogP contribution is 2.57. The van der Waals surface area contributed by atoms with E-state index in [2.05, 4.69) is 308 Å². The average molecular weight is 1070 g/mol. The van der Waals surface area contributed by atoms with Gasteiger partial charge in [0.1, 0.15) is 11.2 Å². The molecule has 0 radical (unpaired) electrons. The van der Waals surface area contributed by atoms with Crippen LogP contribution in [0, 0.1) is 0 Å². The van der Waals surface area contributed by atoms with E-state index in [4.69, 9.17) is 4.42 Å². The van der Waals surface area contributed by atoms with Gasteiger partial charge in [-0.15, -0.1) is 0 Å². The molecule has 9 aromatic carbocycles. The van der Waals surface area contributed by atoms with Crippen molar-refractivity contribution < 1.29 is 4.42 Å². The van der Waals surface area contributed by atoms with Crippen molar-refractivity contribution in [3.05, 3.63) is 215 Å². The van der Waals surface area contributed by atoms with Crippen LogP contribution in [-0.4, -0.2) is 6.85 Å². The van der Waals surface area contributed by atoms with Crippen molar-refractivity contribution >= 4 is 85.2 Å². The van der Waals surface area contributed by atoms with Gasteiger partial charge in [-0.25, -0.2) is 0 Å². The fourth-order valence-corrected chi connectivity index (χ4v) is 13.5. The van der Waals surface area contributed by atoms with Crippen LogP contribution in [0.4, 0.5) is 45.5 Å². The third kappa shape index (κ3) is 8.54. The van der Waals surface area contributed by atoms with Crippen LogP contribution in [0.5, 0.6) is 0 Å². The number of anilines is 8. The number of para-hydroxylation sites is 1. The summed E-state index contributed by atoms with van der Waals surface area (Å²) in [4.78, 5) is 7.71. The van der Waals surface area contributed by atoms with Gasteiger partial charge in [-0.05, 0) is 179 Å². The molecule has 0 N–H and O–H groups in total. The van der Waals surface area contributed by atoms with Crippen LogP contribution in [-0.2, 0) is 32.5 Å². The van der Waals surface area contributed by atoms with E-state index < -0.39 is 0 Å². The van der Waals surface area contributed by atoms with Crippen molar-refractivity contribution in [1.29, 1.82) is 0 Å². The lowest BCUT2D eigenvalue weighted by molar-refractivity contribution is 0.590. The van der Waals surface area contributed by atoms with E-state index in [0.29, 0.717) is 0 Å². The van der Waals surface area contributed by atoms with Gasteiger partial charge in [-0.3, -0.25) is 0 Å². The van der Waals surface area contributed by atoms with Gasteiger partial charge in [0.15, 0.2) is 0 Å². The van der Waals surface area contributed by atoms with Crippen molar-refractivity contribution in [3.8, 4) is 22.3 Å². The maximum Gasteiger partial charge on any atom is 0.333 e. The van der Waals surface area contributed by atoms with Crippen LogP contribution in [0.3, 0.4) is 0 Å². The zero-order valence-corrected chi connectivity index (χ0v) is 51.6. The minimum atomic E-state index is -0.315. The Labute approximate surface area is 488 Å². The molecule has 3 aliphatic rings. The van der Waals surface area contributed by atoms with Crippen LogP contribution < -0.4 is 25.5 Å². The van der Waals surface area contributed by atoms with Gasteiger partial charge >= 0.3 is 6.85 Å². The number of furan rings is 1. The van der Waals surface area contributed by atoms with E-state index >= 15 is 0 Å². The van der Waals surface area contributed by atoms with Gasteiger partial charge in [-0.2, -0.15) is 0 Å². The fourth-order valence-electron chi connectivity index (χ4n) is 13.5. The average Bonchev–Trinajstić information content (AvgIpc) is 3.57. The molecule has 1 aliphatic carbocycles. The first-order valence-corrected chi connectivity index (χ1v) is 29.9. The van der Waals surface area contributed by atoms with E-state index in [1.807, 2.05) is 0 Å². The summed E-state index contributed by atoms with van der Waals surface area (Å²) < 4.78 is 7.33. The number of rotatable bonds is 5. The Bertz CT molecular complexity index is 4120. The summed E-state index contributed by atoms with van der Waals surface area (Å²) in [5.41, 5.74) is 27.4. The molecule has 0 amide bonds. The zero-order valence-electron chi connectivity index (χ0n) is 51.6. The lowest BCUT2D eigenvalue weighted by atomic mass is 9.43. The van der Waals surface area contributed by atoms with Crippen molar-refractivity contribution in [2.24, 2.45) is 0 Å². The third-order valence-corrected chi connectivity index (χ3v) is 18.4. The number of fused-ring (bicyclic) bond motifs is 11. The Balaban J connectivity index is 1.11. The van der Waals surface area contributed by atoms with Crippen LogP contribution in [0.15, 0.2) is 180 Å². The largest absolute Gasteiger partial charge is 0.455 e. The van der Waals surface area contributed by atoms with Crippen LogP contribution >= 0.6 is 0 Å². The zero-order chi connectivity index (χ0) is 58.0. The molecule has 0 unspecified atom stereocenters. The molecule has 13 rings (SSSR count). The summed E-state index contributed by atoms with van der Waals surface area (Å²) in [6, 6.07) is 68.1. The molecular formula is C77H80BN3O. The van der Waals surface area contributed by atoms with E-state index in [1.54, 1.807) is 0 Å². The molecule has 0 bridgehead atoms. The maximum atomic E-state index is 7.33. The van der Waals surface area contributed by atoms with Crippen molar-refractivity contribution in [3.63, 3.8) is 0 Å². The van der Waals surface area contributed by atoms with Gasteiger partial charge < -0.3 is 19.0 Å². The Morgan fingerprint density at radius 2 is 0.890 bits per heavy atom. The number of nitrogens with zero attached hydrogens (tertiary/aromatic N) is 3. The second-order valence-electron chi connectivity index (χ2n) is 29.6. The molecule has 10 aromatic rings. The third-order valence-electron chi connectivity index (χ3n) is 18.4. The molecule has 0 saturated carbocycles. The monoisotopic (exact) mass is 1070 g/mol. The van der Waals surface area contributed by atoms with Crippen LogP contribution in [0.1, 0.15) is 157 Å². The molecule has 5 heteroatoms. The number of hydrogen-bond acceptors (Lipinski definition) is 4. The SMILES string of the molecule is CC(C)(C)c1ccc(N2B3c4cc(C(C)(C)C)ccc4N(c4ccc(C(C)(C)C)cc4)c4cc5c(oc6ccccc65)c(c43)-c3cc4c(cc32)C(C)(C)c2ccc(N(c3ccc(C(C)(C)C)cc3)c3ccc(C(C)(C)C)cc3)cc2-4)cc1. The molecule has 0 spiro atoms. The normalized spacial score (nSPS) is 14.7. The summed E-state index contributed by atoms with van der Waals surface area (Å²) in [5, 5.41) is 2.24. The Kier molecular flexibility index (Phi) is 11.8. The lowest BCUT2D eigenvalue weighted by Crippen LogP contribution is -2.61. The second kappa shape index (κ2) is 18.1. The maximum absolute atomic E-state index is 7.33. The molecule has 0 atom stereocenters. The topological polar surface area (TPSA) is 22.9 Å². The van der Waals surface area contributed by atoms with Gasteiger partial charge in [0.05, 0.1) is 0 Å². The quantitative estimate of drug-likeness (QED) is 0.160. The van der Waals surface area contributed by atoms with Gasteiger partial charge in [-0.1, -0.05) is 203 Å². The van der Waals surface area contributed by atoms with E-state index in [-0.39, 0.29) is 39.3 Å². The van der Waals surface area contributed by atoms with E-state index in [1.165, 1.54) is 89.2 Å². The molecule has 412 valence electrons. The van der Waals surface area contributed by atoms with Crippen molar-refractivity contribution in [2.45, 2.75) is 150 Å². The van der Waals surface area contributed by atoms with Crippen LogP contribution in [0.2, 0.25) is 0 Å². The Hall–Kier alpha value is -7.76. The highest BCUT2D eigenvalue weighted by atomic mass is 16.3. The minimum Gasteiger partial charge on any atom is -0.455 e. The fraction of sp³-hybridized carbons (Fsp3) is 0.299. The first-order valence-electron chi connectivity index (χ1n) is 29.9. The summed E-state index contributed by atoms with van der Waals surface area (Å²) >= 11 is 0.